The van der Waals surface area contributed by atoms with Crippen LogP contribution in [0.1, 0.15) is 22.8 Å². The van der Waals surface area contributed by atoms with Gasteiger partial charge in [0.1, 0.15) is 17.0 Å². The molecule has 1 atom stereocenters. The first kappa shape index (κ1) is 15.8. The molecule has 3 heterocycles. The van der Waals surface area contributed by atoms with Gasteiger partial charge in [-0.05, 0) is 25.1 Å². The third kappa shape index (κ3) is 2.70. The molecule has 0 spiro atoms. The number of aryl methyl sites for hydroxylation is 1. The molecule has 1 aliphatic heterocycles. The van der Waals surface area contributed by atoms with Crippen molar-refractivity contribution >= 4 is 16.9 Å². The fraction of sp³-hybridized carbons (Fsp3) is 0.333. The Morgan fingerprint density at radius 2 is 2.24 bits per heavy atom. The lowest BCUT2D eigenvalue weighted by Crippen LogP contribution is -2.50. The van der Waals surface area contributed by atoms with Gasteiger partial charge in [0.2, 0.25) is 0 Å². The Morgan fingerprint density at radius 1 is 1.40 bits per heavy atom. The second-order valence-electron chi connectivity index (χ2n) is 6.50. The SMILES string of the molecule is Cn1cc(C2(C)CN(C(=O)c3cc(F)cc4ccoc34)CCO2)cn1. The second-order valence-corrected chi connectivity index (χ2v) is 6.50. The van der Waals surface area contributed by atoms with Gasteiger partial charge in [0.05, 0.1) is 31.2 Å². The molecule has 1 amide bonds. The molecule has 25 heavy (non-hydrogen) atoms. The van der Waals surface area contributed by atoms with E-state index in [4.69, 9.17) is 9.15 Å². The Hall–Kier alpha value is -2.67. The minimum Gasteiger partial charge on any atom is -0.464 e. The molecule has 1 fully saturated rings. The summed E-state index contributed by atoms with van der Waals surface area (Å²) in [5, 5.41) is 4.75. The Kier molecular flexibility index (Phi) is 3.61. The van der Waals surface area contributed by atoms with E-state index in [1.807, 2.05) is 20.2 Å². The van der Waals surface area contributed by atoms with Crippen molar-refractivity contribution in [2.45, 2.75) is 12.5 Å². The van der Waals surface area contributed by atoms with Crippen LogP contribution in [0, 0.1) is 5.82 Å². The fourth-order valence-electron chi connectivity index (χ4n) is 3.29. The maximum absolute atomic E-state index is 13.9. The molecule has 1 aliphatic rings. The quantitative estimate of drug-likeness (QED) is 0.718. The average molecular weight is 343 g/mol. The first-order chi connectivity index (χ1) is 12.0. The highest BCUT2D eigenvalue weighted by Crippen LogP contribution is 2.31. The zero-order valence-electron chi connectivity index (χ0n) is 14.0. The third-order valence-corrected chi connectivity index (χ3v) is 4.62. The summed E-state index contributed by atoms with van der Waals surface area (Å²) in [6.07, 6.45) is 5.07. The van der Waals surface area contributed by atoms with Gasteiger partial charge < -0.3 is 14.1 Å². The Balaban J connectivity index is 1.67. The molecule has 4 rings (SSSR count). The molecule has 0 bridgehead atoms. The molecular formula is C18H18FN3O3. The van der Waals surface area contributed by atoms with Crippen molar-refractivity contribution in [3.8, 4) is 0 Å². The van der Waals surface area contributed by atoms with Crippen LogP contribution in [0.15, 0.2) is 41.3 Å². The van der Waals surface area contributed by atoms with Crippen molar-refractivity contribution in [3.05, 3.63) is 53.8 Å². The van der Waals surface area contributed by atoms with Gasteiger partial charge in [0, 0.05) is 30.7 Å². The van der Waals surface area contributed by atoms with Gasteiger partial charge in [-0.3, -0.25) is 9.48 Å². The maximum Gasteiger partial charge on any atom is 0.257 e. The Labute approximate surface area is 143 Å². The van der Waals surface area contributed by atoms with Crippen molar-refractivity contribution in [1.29, 1.82) is 0 Å². The van der Waals surface area contributed by atoms with Crippen molar-refractivity contribution in [1.82, 2.24) is 14.7 Å². The number of furan rings is 1. The lowest BCUT2D eigenvalue weighted by Gasteiger charge is -2.40. The summed E-state index contributed by atoms with van der Waals surface area (Å²) in [6, 6.07) is 4.23. The van der Waals surface area contributed by atoms with E-state index in [1.165, 1.54) is 18.4 Å². The van der Waals surface area contributed by atoms with Crippen molar-refractivity contribution in [3.63, 3.8) is 0 Å². The number of aromatic nitrogens is 2. The largest absolute Gasteiger partial charge is 0.464 e. The molecule has 6 nitrogen and oxygen atoms in total. The van der Waals surface area contributed by atoms with Crippen LogP contribution in [0.25, 0.3) is 11.0 Å². The van der Waals surface area contributed by atoms with Crippen molar-refractivity contribution in [2.75, 3.05) is 19.7 Å². The summed E-state index contributed by atoms with van der Waals surface area (Å²) >= 11 is 0. The number of carbonyl (C=O) groups is 1. The van der Waals surface area contributed by atoms with Crippen LogP contribution in [0.2, 0.25) is 0 Å². The van der Waals surface area contributed by atoms with Crippen molar-refractivity contribution < 1.29 is 18.3 Å². The van der Waals surface area contributed by atoms with E-state index in [-0.39, 0.29) is 11.5 Å². The van der Waals surface area contributed by atoms with Gasteiger partial charge in [0.25, 0.3) is 5.91 Å². The van der Waals surface area contributed by atoms with Gasteiger partial charge in [-0.2, -0.15) is 5.10 Å². The first-order valence-corrected chi connectivity index (χ1v) is 8.05. The smallest absolute Gasteiger partial charge is 0.257 e. The number of ether oxygens (including phenoxy) is 1. The lowest BCUT2D eigenvalue weighted by atomic mass is 9.96. The molecule has 2 aromatic heterocycles. The second kappa shape index (κ2) is 5.70. The van der Waals surface area contributed by atoms with E-state index >= 15 is 0 Å². The van der Waals surface area contributed by atoms with Gasteiger partial charge in [0.15, 0.2) is 0 Å². The summed E-state index contributed by atoms with van der Waals surface area (Å²) < 4.78 is 26.9. The molecule has 1 saturated heterocycles. The maximum atomic E-state index is 13.9. The number of carbonyl (C=O) groups excluding carboxylic acids is 1. The number of halogens is 1. The Morgan fingerprint density at radius 3 is 3.00 bits per heavy atom. The average Bonchev–Trinajstić information content (AvgIpc) is 3.22. The van der Waals surface area contributed by atoms with Gasteiger partial charge in [-0.15, -0.1) is 0 Å². The number of nitrogens with zero attached hydrogens (tertiary/aromatic N) is 3. The minimum atomic E-state index is -0.655. The van der Waals surface area contributed by atoms with Gasteiger partial charge >= 0.3 is 0 Å². The summed E-state index contributed by atoms with van der Waals surface area (Å²) in [5.41, 5.74) is 0.879. The molecule has 0 saturated carbocycles. The molecule has 0 N–H and O–H groups in total. The standard InChI is InChI=1S/C18H18FN3O3/c1-18(13-9-20-21(2)10-13)11-22(4-6-25-18)17(23)15-8-14(19)7-12-3-5-24-16(12)15/h3,5,7-10H,4,6,11H2,1-2H3. The third-order valence-electron chi connectivity index (χ3n) is 4.62. The van der Waals surface area contributed by atoms with Crippen LogP contribution < -0.4 is 0 Å². The van der Waals surface area contributed by atoms with Crippen LogP contribution in [0.3, 0.4) is 0 Å². The van der Waals surface area contributed by atoms with Gasteiger partial charge in [-0.25, -0.2) is 4.39 Å². The highest BCUT2D eigenvalue weighted by molar-refractivity contribution is 6.05. The number of amides is 1. The number of hydrogen-bond donors (Lipinski definition) is 0. The fourth-order valence-corrected chi connectivity index (χ4v) is 3.29. The summed E-state index contributed by atoms with van der Waals surface area (Å²) in [4.78, 5) is 14.7. The van der Waals surface area contributed by atoms with E-state index in [1.54, 1.807) is 21.8 Å². The van der Waals surface area contributed by atoms with E-state index in [9.17, 15) is 9.18 Å². The highest BCUT2D eigenvalue weighted by Gasteiger charge is 2.37. The first-order valence-electron chi connectivity index (χ1n) is 8.05. The van der Waals surface area contributed by atoms with E-state index in [0.29, 0.717) is 30.7 Å². The molecule has 0 aliphatic carbocycles. The number of fused-ring (bicyclic) bond motifs is 1. The van der Waals surface area contributed by atoms with Crippen LogP contribution in [0.5, 0.6) is 0 Å². The molecule has 7 heteroatoms. The molecule has 130 valence electrons. The summed E-state index contributed by atoms with van der Waals surface area (Å²) in [6.45, 7) is 3.12. The molecule has 1 unspecified atom stereocenters. The van der Waals surface area contributed by atoms with Gasteiger partial charge in [-0.1, -0.05) is 0 Å². The number of rotatable bonds is 2. The monoisotopic (exact) mass is 343 g/mol. The van der Waals surface area contributed by atoms with Crippen molar-refractivity contribution in [2.24, 2.45) is 7.05 Å². The van der Waals surface area contributed by atoms with E-state index in [2.05, 4.69) is 5.10 Å². The zero-order valence-corrected chi connectivity index (χ0v) is 14.0. The molecule has 0 radical (unpaired) electrons. The van der Waals surface area contributed by atoms with Crippen LogP contribution in [0.4, 0.5) is 4.39 Å². The topological polar surface area (TPSA) is 60.5 Å². The van der Waals surface area contributed by atoms with Crippen LogP contribution in [-0.4, -0.2) is 40.3 Å². The highest BCUT2D eigenvalue weighted by atomic mass is 19.1. The summed E-state index contributed by atoms with van der Waals surface area (Å²) in [7, 11) is 1.83. The van der Waals surface area contributed by atoms with E-state index in [0.717, 1.165) is 5.56 Å². The zero-order chi connectivity index (χ0) is 17.6. The molecule has 3 aromatic rings. The molecular weight excluding hydrogens is 325 g/mol. The normalized spacial score (nSPS) is 21.0. The lowest BCUT2D eigenvalue weighted by molar-refractivity contribution is -0.0931. The van der Waals surface area contributed by atoms with Crippen LogP contribution >= 0.6 is 0 Å². The number of hydrogen-bond acceptors (Lipinski definition) is 4. The number of benzene rings is 1. The minimum absolute atomic E-state index is 0.232. The predicted molar refractivity (Wildman–Crippen MR) is 88.6 cm³/mol. The number of morpholine rings is 1. The van der Waals surface area contributed by atoms with E-state index < -0.39 is 11.4 Å². The predicted octanol–water partition coefficient (Wildman–Crippen LogP) is 2.69. The summed E-state index contributed by atoms with van der Waals surface area (Å²) in [5.74, 6) is -0.724. The van der Waals surface area contributed by atoms with Crippen LogP contribution in [-0.2, 0) is 17.4 Å². The Bertz CT molecular complexity index is 948. The molecule has 1 aromatic carbocycles.